The minimum absolute atomic E-state index is 0. The van der Waals surface area contributed by atoms with Crippen LogP contribution in [0.2, 0.25) is 0 Å². The van der Waals surface area contributed by atoms with Crippen LogP contribution in [0.25, 0.3) is 0 Å². The zero-order chi connectivity index (χ0) is 17.2. The lowest BCUT2D eigenvalue weighted by Gasteiger charge is -2.16. The van der Waals surface area contributed by atoms with Crippen LogP contribution < -0.4 is 10.1 Å². The van der Waals surface area contributed by atoms with Gasteiger partial charge in [-0.3, -0.25) is 4.79 Å². The minimum atomic E-state index is 0. The molecule has 0 aromatic heterocycles. The van der Waals surface area contributed by atoms with Crippen molar-refractivity contribution in [1.29, 1.82) is 0 Å². The molecule has 1 heterocycles. The van der Waals surface area contributed by atoms with E-state index in [0.717, 1.165) is 51.3 Å². The highest BCUT2D eigenvalue weighted by molar-refractivity contribution is 5.85. The summed E-state index contributed by atoms with van der Waals surface area (Å²) >= 11 is 0. The number of halogens is 1. The Labute approximate surface area is 157 Å². The lowest BCUT2D eigenvalue weighted by molar-refractivity contribution is -0.130. The van der Waals surface area contributed by atoms with Crippen LogP contribution in [0.4, 0.5) is 0 Å². The van der Waals surface area contributed by atoms with E-state index in [1.54, 1.807) is 7.11 Å². The van der Waals surface area contributed by atoms with Crippen molar-refractivity contribution in [3.63, 3.8) is 0 Å². The van der Waals surface area contributed by atoms with Crippen LogP contribution in [0.5, 0.6) is 5.75 Å². The van der Waals surface area contributed by atoms with Gasteiger partial charge in [-0.15, -0.1) is 12.4 Å². The van der Waals surface area contributed by atoms with Crippen molar-refractivity contribution in [3.05, 3.63) is 29.8 Å². The number of hydrogen-bond donors (Lipinski definition) is 1. The Kier molecular flexibility index (Phi) is 10.5. The molecule has 1 atom stereocenters. The van der Waals surface area contributed by atoms with Crippen LogP contribution in [0.1, 0.15) is 24.8 Å². The van der Waals surface area contributed by atoms with Gasteiger partial charge in [0.25, 0.3) is 0 Å². The van der Waals surface area contributed by atoms with Crippen LogP contribution in [0, 0.1) is 5.92 Å². The lowest BCUT2D eigenvalue weighted by atomic mass is 10.1. The number of carbonyl (C=O) groups is 1. The minimum Gasteiger partial charge on any atom is -0.494 e. The molecule has 0 radical (unpaired) electrons. The maximum absolute atomic E-state index is 12.2. The average molecular weight is 371 g/mol. The molecule has 5 nitrogen and oxygen atoms in total. The first-order valence-corrected chi connectivity index (χ1v) is 8.86. The number of likely N-dealkylation sites (tertiary alicyclic amines) is 1. The van der Waals surface area contributed by atoms with Crippen LogP contribution in [-0.2, 0) is 16.0 Å². The molecule has 1 fully saturated rings. The summed E-state index contributed by atoms with van der Waals surface area (Å²) in [5.41, 5.74) is 1.24. The highest BCUT2D eigenvalue weighted by Gasteiger charge is 2.25. The van der Waals surface area contributed by atoms with Crippen molar-refractivity contribution in [1.82, 2.24) is 10.2 Å². The Bertz CT molecular complexity index is 496. The summed E-state index contributed by atoms with van der Waals surface area (Å²) in [5, 5.41) is 3.19. The number of hydrogen-bond acceptors (Lipinski definition) is 4. The predicted octanol–water partition coefficient (Wildman–Crippen LogP) is 2.52. The van der Waals surface area contributed by atoms with Gasteiger partial charge in [0.05, 0.1) is 13.2 Å². The topological polar surface area (TPSA) is 50.8 Å². The summed E-state index contributed by atoms with van der Waals surface area (Å²) in [6.45, 7) is 4.09. The fourth-order valence-corrected chi connectivity index (χ4v) is 3.06. The third-order valence-corrected chi connectivity index (χ3v) is 4.45. The molecule has 1 N–H and O–H groups in total. The van der Waals surface area contributed by atoms with Crippen LogP contribution >= 0.6 is 12.4 Å². The monoisotopic (exact) mass is 370 g/mol. The molecule has 1 aromatic carbocycles. The number of benzene rings is 1. The molecule has 1 aliphatic rings. The van der Waals surface area contributed by atoms with Crippen LogP contribution in [0.15, 0.2) is 24.3 Å². The van der Waals surface area contributed by atoms with E-state index in [2.05, 4.69) is 17.4 Å². The molecule has 142 valence electrons. The third-order valence-electron chi connectivity index (χ3n) is 4.45. The summed E-state index contributed by atoms with van der Waals surface area (Å²) in [6.07, 6.45) is 3.35. The second-order valence-corrected chi connectivity index (χ2v) is 6.39. The molecular weight excluding hydrogens is 340 g/mol. The smallest absolute Gasteiger partial charge is 0.222 e. The molecule has 25 heavy (non-hydrogen) atoms. The number of methoxy groups -OCH3 is 1. The van der Waals surface area contributed by atoms with Crippen LogP contribution in [0.3, 0.4) is 0 Å². The summed E-state index contributed by atoms with van der Waals surface area (Å²) in [6, 6.07) is 8.09. The van der Waals surface area contributed by atoms with Gasteiger partial charge in [0.2, 0.25) is 5.91 Å². The van der Waals surface area contributed by atoms with Crippen molar-refractivity contribution < 1.29 is 14.3 Å². The molecule has 1 saturated heterocycles. The molecule has 1 unspecified atom stereocenters. The molecular formula is C19H31ClN2O3. The van der Waals surface area contributed by atoms with Gasteiger partial charge in [-0.25, -0.2) is 0 Å². The summed E-state index contributed by atoms with van der Waals surface area (Å²) < 4.78 is 10.8. The van der Waals surface area contributed by atoms with Crippen LogP contribution in [-0.4, -0.2) is 57.8 Å². The van der Waals surface area contributed by atoms with E-state index in [1.807, 2.05) is 24.1 Å². The Morgan fingerprint density at radius 2 is 2.04 bits per heavy atom. The van der Waals surface area contributed by atoms with E-state index in [9.17, 15) is 4.79 Å². The second kappa shape index (κ2) is 12.1. The third kappa shape index (κ3) is 7.63. The number of amides is 1. The number of carbonyl (C=O) groups excluding carboxylic acids is 1. The molecule has 0 aliphatic carbocycles. The molecule has 0 bridgehead atoms. The Balaban J connectivity index is 0.00000312. The van der Waals surface area contributed by atoms with Crippen molar-refractivity contribution >= 4 is 18.3 Å². The van der Waals surface area contributed by atoms with Gasteiger partial charge in [-0.05, 0) is 56.5 Å². The molecule has 0 spiro atoms. The molecule has 1 amide bonds. The van der Waals surface area contributed by atoms with Gasteiger partial charge in [0, 0.05) is 26.6 Å². The number of ether oxygens (including phenoxy) is 2. The van der Waals surface area contributed by atoms with Gasteiger partial charge >= 0.3 is 0 Å². The van der Waals surface area contributed by atoms with Crippen molar-refractivity contribution in [3.8, 4) is 5.75 Å². The van der Waals surface area contributed by atoms with E-state index >= 15 is 0 Å². The van der Waals surface area contributed by atoms with Gasteiger partial charge in [0.15, 0.2) is 0 Å². The van der Waals surface area contributed by atoms with Gasteiger partial charge in [-0.1, -0.05) is 12.1 Å². The lowest BCUT2D eigenvalue weighted by Crippen LogP contribution is -2.30. The van der Waals surface area contributed by atoms with E-state index < -0.39 is 0 Å². The summed E-state index contributed by atoms with van der Waals surface area (Å²) in [7, 11) is 3.67. The van der Waals surface area contributed by atoms with Gasteiger partial charge in [0.1, 0.15) is 5.75 Å². The molecule has 1 aromatic rings. The standard InChI is InChI=1S/C19H30N2O3.ClH/c1-20-14-17-9-11-21(15-17)19(22)4-3-12-24-18-7-5-16(6-8-18)10-13-23-2;/h5-8,17,20H,3-4,9-15H2,1-2H3;1H. The van der Waals surface area contributed by atoms with E-state index in [-0.39, 0.29) is 18.3 Å². The van der Waals surface area contributed by atoms with E-state index in [4.69, 9.17) is 9.47 Å². The summed E-state index contributed by atoms with van der Waals surface area (Å²) in [4.78, 5) is 14.2. The number of nitrogens with one attached hydrogen (secondary N) is 1. The second-order valence-electron chi connectivity index (χ2n) is 6.39. The Morgan fingerprint density at radius 3 is 2.72 bits per heavy atom. The van der Waals surface area contributed by atoms with Gasteiger partial charge in [-0.2, -0.15) is 0 Å². The fraction of sp³-hybridized carbons (Fsp3) is 0.632. The first-order chi connectivity index (χ1) is 11.7. The van der Waals surface area contributed by atoms with Crippen molar-refractivity contribution in [2.45, 2.75) is 25.7 Å². The SMILES string of the molecule is CNCC1CCN(C(=O)CCCOc2ccc(CCOC)cc2)C1.Cl. The fourth-order valence-electron chi connectivity index (χ4n) is 3.06. The zero-order valence-corrected chi connectivity index (χ0v) is 16.1. The highest BCUT2D eigenvalue weighted by Crippen LogP contribution is 2.17. The maximum atomic E-state index is 12.2. The molecule has 2 rings (SSSR count). The number of rotatable bonds is 10. The average Bonchev–Trinajstić information content (AvgIpc) is 3.07. The quantitative estimate of drug-likeness (QED) is 0.643. The Hall–Kier alpha value is -1.30. The summed E-state index contributed by atoms with van der Waals surface area (Å²) in [5.74, 6) is 1.72. The Morgan fingerprint density at radius 1 is 1.28 bits per heavy atom. The maximum Gasteiger partial charge on any atom is 0.222 e. The van der Waals surface area contributed by atoms with Crippen molar-refractivity contribution in [2.75, 3.05) is 47.0 Å². The largest absolute Gasteiger partial charge is 0.494 e. The first kappa shape index (κ1) is 21.7. The van der Waals surface area contributed by atoms with Crippen molar-refractivity contribution in [2.24, 2.45) is 5.92 Å². The molecule has 6 heteroatoms. The molecule has 1 aliphatic heterocycles. The highest BCUT2D eigenvalue weighted by atomic mass is 35.5. The zero-order valence-electron chi connectivity index (χ0n) is 15.3. The first-order valence-electron chi connectivity index (χ1n) is 8.86. The normalized spacial score (nSPS) is 16.6. The molecule has 0 saturated carbocycles. The number of nitrogens with zero attached hydrogens (tertiary/aromatic N) is 1. The van der Waals surface area contributed by atoms with E-state index in [0.29, 0.717) is 18.9 Å². The van der Waals surface area contributed by atoms with Gasteiger partial charge < -0.3 is 19.7 Å². The predicted molar refractivity (Wildman–Crippen MR) is 103 cm³/mol. The van der Waals surface area contributed by atoms with E-state index in [1.165, 1.54) is 5.56 Å².